The van der Waals surface area contributed by atoms with Gasteiger partial charge < -0.3 is 14.8 Å². The Balaban J connectivity index is 2.01. The van der Waals surface area contributed by atoms with Crippen molar-refractivity contribution >= 4 is 0 Å². The van der Waals surface area contributed by atoms with Gasteiger partial charge in [0, 0.05) is 12.1 Å². The second kappa shape index (κ2) is 9.78. The topological polar surface area (TPSA) is 30.5 Å². The molecule has 0 aliphatic carbocycles. The summed E-state index contributed by atoms with van der Waals surface area (Å²) in [4.78, 5) is 0. The molecular formula is C21H27NO2. The maximum absolute atomic E-state index is 5.76. The molecule has 0 heterocycles. The summed E-state index contributed by atoms with van der Waals surface area (Å²) >= 11 is 0. The molecule has 3 nitrogen and oxygen atoms in total. The number of hydrogen-bond donors (Lipinski definition) is 1. The fraction of sp³-hybridized carbons (Fsp3) is 0.333. The van der Waals surface area contributed by atoms with Crippen LogP contribution in [-0.4, -0.2) is 20.3 Å². The zero-order valence-corrected chi connectivity index (χ0v) is 14.7. The van der Waals surface area contributed by atoms with Crippen LogP contribution in [0.1, 0.15) is 23.6 Å². The van der Waals surface area contributed by atoms with Gasteiger partial charge in [0.25, 0.3) is 0 Å². The van der Waals surface area contributed by atoms with Crippen LogP contribution >= 0.6 is 0 Å². The van der Waals surface area contributed by atoms with Crippen LogP contribution < -0.4 is 14.8 Å². The highest BCUT2D eigenvalue weighted by Gasteiger charge is 2.12. The molecule has 0 saturated carbocycles. The molecule has 3 heteroatoms. The van der Waals surface area contributed by atoms with E-state index < -0.39 is 0 Å². The highest BCUT2D eigenvalue weighted by atomic mass is 16.5. The van der Waals surface area contributed by atoms with Crippen LogP contribution in [0.5, 0.6) is 11.5 Å². The molecule has 0 aliphatic heterocycles. The average Bonchev–Trinajstić information content (AvgIpc) is 2.61. The van der Waals surface area contributed by atoms with Crippen molar-refractivity contribution in [1.29, 1.82) is 0 Å². The number of methoxy groups -OCH3 is 1. The van der Waals surface area contributed by atoms with Crippen LogP contribution in [0.4, 0.5) is 0 Å². The maximum atomic E-state index is 5.76. The minimum Gasteiger partial charge on any atom is -0.493 e. The molecule has 2 aromatic carbocycles. The summed E-state index contributed by atoms with van der Waals surface area (Å²) in [6.07, 6.45) is 3.68. The van der Waals surface area contributed by atoms with E-state index in [9.17, 15) is 0 Å². The lowest BCUT2D eigenvalue weighted by atomic mass is 10.1. The monoisotopic (exact) mass is 325 g/mol. The first-order chi connectivity index (χ1) is 11.8. The van der Waals surface area contributed by atoms with E-state index >= 15 is 0 Å². The van der Waals surface area contributed by atoms with E-state index in [1.54, 1.807) is 7.11 Å². The minimum absolute atomic E-state index is 0.620. The lowest BCUT2D eigenvalue weighted by Gasteiger charge is -2.16. The summed E-state index contributed by atoms with van der Waals surface area (Å²) in [5, 5.41) is 3.50. The first kappa shape index (κ1) is 18.1. The minimum atomic E-state index is 0.620. The predicted molar refractivity (Wildman–Crippen MR) is 99.9 cm³/mol. The third-order valence-electron chi connectivity index (χ3n) is 3.83. The van der Waals surface area contributed by atoms with Gasteiger partial charge in [0.15, 0.2) is 11.5 Å². The summed E-state index contributed by atoms with van der Waals surface area (Å²) in [6, 6.07) is 14.7. The van der Waals surface area contributed by atoms with Crippen LogP contribution in [0.2, 0.25) is 0 Å². The van der Waals surface area contributed by atoms with Crippen molar-refractivity contribution in [3.63, 3.8) is 0 Å². The lowest BCUT2D eigenvalue weighted by Crippen LogP contribution is -2.17. The summed E-state index contributed by atoms with van der Waals surface area (Å²) in [7, 11) is 1.68. The molecule has 0 aliphatic rings. The van der Waals surface area contributed by atoms with Gasteiger partial charge in [-0.2, -0.15) is 0 Å². The Bertz CT molecular complexity index is 638. The Morgan fingerprint density at radius 2 is 1.92 bits per heavy atom. The Morgan fingerprint density at radius 1 is 1.12 bits per heavy atom. The molecular weight excluding hydrogens is 298 g/mol. The van der Waals surface area contributed by atoms with Crippen molar-refractivity contribution in [2.24, 2.45) is 0 Å². The smallest absolute Gasteiger partial charge is 0.164 e. The second-order valence-electron chi connectivity index (χ2n) is 5.62. The Labute approximate surface area is 145 Å². The fourth-order valence-corrected chi connectivity index (χ4v) is 2.70. The van der Waals surface area contributed by atoms with Crippen LogP contribution in [0, 0.1) is 0 Å². The number of rotatable bonds is 10. The average molecular weight is 325 g/mol. The van der Waals surface area contributed by atoms with Crippen LogP contribution in [0.3, 0.4) is 0 Å². The summed E-state index contributed by atoms with van der Waals surface area (Å²) < 4.78 is 11.3. The van der Waals surface area contributed by atoms with Gasteiger partial charge in [-0.25, -0.2) is 0 Å². The van der Waals surface area contributed by atoms with Gasteiger partial charge in [-0.3, -0.25) is 0 Å². The highest BCUT2D eigenvalue weighted by Crippen LogP contribution is 2.33. The third kappa shape index (κ3) is 5.14. The van der Waals surface area contributed by atoms with Gasteiger partial charge in [-0.15, -0.1) is 6.58 Å². The molecule has 0 fully saturated rings. The molecule has 0 aromatic heterocycles. The summed E-state index contributed by atoms with van der Waals surface area (Å²) in [5.74, 6) is 1.61. The Kier molecular flexibility index (Phi) is 7.37. The molecule has 0 saturated heterocycles. The van der Waals surface area contributed by atoms with Crippen molar-refractivity contribution in [2.75, 3.05) is 20.3 Å². The van der Waals surface area contributed by atoms with Gasteiger partial charge >= 0.3 is 0 Å². The molecule has 0 atom stereocenters. The fourth-order valence-electron chi connectivity index (χ4n) is 2.70. The Hall–Kier alpha value is -2.26. The first-order valence-corrected chi connectivity index (χ1v) is 8.46. The van der Waals surface area contributed by atoms with E-state index in [4.69, 9.17) is 9.47 Å². The van der Waals surface area contributed by atoms with Crippen molar-refractivity contribution < 1.29 is 9.47 Å². The van der Waals surface area contributed by atoms with Crippen LogP contribution in [0.25, 0.3) is 0 Å². The lowest BCUT2D eigenvalue weighted by molar-refractivity contribution is 0.308. The van der Waals surface area contributed by atoms with Crippen molar-refractivity contribution in [2.45, 2.75) is 26.3 Å². The maximum Gasteiger partial charge on any atom is 0.164 e. The van der Waals surface area contributed by atoms with E-state index in [1.165, 1.54) is 11.1 Å². The zero-order valence-electron chi connectivity index (χ0n) is 14.7. The number of hydrogen-bond acceptors (Lipinski definition) is 3. The number of benzene rings is 2. The largest absolute Gasteiger partial charge is 0.493 e. The van der Waals surface area contributed by atoms with Gasteiger partial charge in [0.05, 0.1) is 13.7 Å². The van der Waals surface area contributed by atoms with E-state index in [1.807, 2.05) is 25.1 Å². The van der Waals surface area contributed by atoms with Gasteiger partial charge in [0.2, 0.25) is 0 Å². The molecule has 0 spiro atoms. The molecule has 0 amide bonds. The SMILES string of the molecule is C=CCc1cc(CNCCc2ccccc2)cc(OC)c1OCC. The van der Waals surface area contributed by atoms with E-state index in [-0.39, 0.29) is 0 Å². The Morgan fingerprint density at radius 3 is 2.58 bits per heavy atom. The van der Waals surface area contributed by atoms with Crippen LogP contribution in [-0.2, 0) is 19.4 Å². The summed E-state index contributed by atoms with van der Waals surface area (Å²) in [6.45, 7) is 8.19. The van der Waals surface area contributed by atoms with Crippen molar-refractivity contribution in [3.05, 3.63) is 71.8 Å². The van der Waals surface area contributed by atoms with Gasteiger partial charge in [-0.1, -0.05) is 42.5 Å². The number of allylic oxidation sites excluding steroid dienone is 1. The van der Waals surface area contributed by atoms with Crippen molar-refractivity contribution in [3.8, 4) is 11.5 Å². The zero-order chi connectivity index (χ0) is 17.2. The molecule has 2 aromatic rings. The normalized spacial score (nSPS) is 10.4. The summed E-state index contributed by atoms with van der Waals surface area (Å²) in [5.41, 5.74) is 3.66. The quantitative estimate of drug-likeness (QED) is 0.526. The first-order valence-electron chi connectivity index (χ1n) is 8.46. The number of nitrogens with one attached hydrogen (secondary N) is 1. The molecule has 0 radical (unpaired) electrons. The standard InChI is InChI=1S/C21H27NO2/c1-4-9-19-14-18(15-20(23-3)21(19)24-5-2)16-22-13-12-17-10-7-6-8-11-17/h4,6-8,10-11,14-15,22H,1,5,9,12-13,16H2,2-3H3. The van der Waals surface area contributed by atoms with Crippen molar-refractivity contribution in [1.82, 2.24) is 5.32 Å². The number of ether oxygens (including phenoxy) is 2. The molecule has 1 N–H and O–H groups in total. The highest BCUT2D eigenvalue weighted by molar-refractivity contribution is 5.50. The van der Waals surface area contributed by atoms with E-state index in [0.29, 0.717) is 6.61 Å². The van der Waals surface area contributed by atoms with E-state index in [0.717, 1.165) is 43.0 Å². The molecule has 2 rings (SSSR count). The predicted octanol–water partition coefficient (Wildman–Crippen LogP) is 4.15. The van der Waals surface area contributed by atoms with Gasteiger partial charge in [-0.05, 0) is 43.5 Å². The van der Waals surface area contributed by atoms with E-state index in [2.05, 4.69) is 42.2 Å². The second-order valence-corrected chi connectivity index (χ2v) is 5.62. The third-order valence-corrected chi connectivity index (χ3v) is 3.83. The van der Waals surface area contributed by atoms with Gasteiger partial charge in [0.1, 0.15) is 0 Å². The molecule has 128 valence electrons. The molecule has 0 unspecified atom stereocenters. The molecule has 0 bridgehead atoms. The molecule has 24 heavy (non-hydrogen) atoms. The van der Waals surface area contributed by atoms with Crippen LogP contribution in [0.15, 0.2) is 55.1 Å².